The molecule has 4 heterocycles. The van der Waals surface area contributed by atoms with Gasteiger partial charge in [0.05, 0.1) is 0 Å². The predicted molar refractivity (Wildman–Crippen MR) is 107 cm³/mol. The van der Waals surface area contributed by atoms with E-state index in [0.717, 1.165) is 0 Å². The molecule has 7 heteroatoms. The number of hydrogen-bond donors (Lipinski definition) is 0. The molecule has 0 saturated carbocycles. The van der Waals surface area contributed by atoms with Crippen molar-refractivity contribution in [2.24, 2.45) is 0 Å². The summed E-state index contributed by atoms with van der Waals surface area (Å²) in [4.78, 5) is 18.4. The number of nitrogens with zero attached hydrogens (tertiary/aromatic N) is 4. The quantitative estimate of drug-likeness (QED) is 0.456. The Hall–Kier alpha value is -2.33. The first-order valence-corrected chi connectivity index (χ1v) is 12.6. The Morgan fingerprint density at radius 2 is 0.704 bits per heavy atom. The summed E-state index contributed by atoms with van der Waals surface area (Å²) < 4.78 is 1.85. The van der Waals surface area contributed by atoms with Crippen molar-refractivity contribution in [3.05, 3.63) is 97.6 Å². The standard InChI is InChI=1S/4C5H4N.2ClH.Ni/c4*1-2-4-6-5-3-1;;;/h4*1-4H;2*1H;/q;;;;;;+2/p-2. The van der Waals surface area contributed by atoms with Crippen molar-refractivity contribution in [1.29, 1.82) is 0 Å². The van der Waals surface area contributed by atoms with Gasteiger partial charge in [-0.25, -0.2) is 0 Å². The van der Waals surface area contributed by atoms with Gasteiger partial charge in [0.25, 0.3) is 0 Å². The van der Waals surface area contributed by atoms with Crippen LogP contribution in [0.15, 0.2) is 97.6 Å². The van der Waals surface area contributed by atoms with E-state index in [-0.39, 0.29) is 0 Å². The summed E-state index contributed by atoms with van der Waals surface area (Å²) in [5.41, 5.74) is 0. The van der Waals surface area contributed by atoms with Gasteiger partial charge in [0.2, 0.25) is 0 Å². The third-order valence-corrected chi connectivity index (χ3v) is 13.7. The molecule has 4 rings (SSSR count). The van der Waals surface area contributed by atoms with Gasteiger partial charge in [-0.1, -0.05) is 0 Å². The predicted octanol–water partition coefficient (Wildman–Crippen LogP) is 2.40. The number of aromatic nitrogens is 4. The van der Waals surface area contributed by atoms with Crippen LogP contribution in [0.2, 0.25) is 0 Å². The molecule has 0 aliphatic carbocycles. The number of rotatable bonds is 4. The van der Waals surface area contributed by atoms with E-state index >= 15 is 0 Å². The summed E-state index contributed by atoms with van der Waals surface area (Å²) in [6.45, 7) is 0. The first-order chi connectivity index (χ1) is 13.0. The van der Waals surface area contributed by atoms with Crippen LogP contribution in [0.1, 0.15) is 0 Å². The van der Waals surface area contributed by atoms with Crippen LogP contribution in [0, 0.1) is 0 Å². The minimum atomic E-state index is -4.90. The summed E-state index contributed by atoms with van der Waals surface area (Å²) in [6.07, 6.45) is 6.65. The zero-order valence-electron chi connectivity index (χ0n) is 14.1. The molecule has 0 aliphatic heterocycles. The molecular weight excluding hydrogens is 426 g/mol. The van der Waals surface area contributed by atoms with E-state index in [1.54, 1.807) is 24.8 Å². The molecule has 0 aliphatic rings. The second-order valence-electron chi connectivity index (χ2n) is 5.48. The molecule has 4 aromatic heterocycles. The van der Waals surface area contributed by atoms with E-state index in [1.165, 1.54) is 0 Å². The van der Waals surface area contributed by atoms with Crippen molar-refractivity contribution in [3.8, 4) is 0 Å². The Labute approximate surface area is 164 Å². The monoisotopic (exact) mass is 440 g/mol. The van der Waals surface area contributed by atoms with Gasteiger partial charge in [0.1, 0.15) is 0 Å². The first kappa shape index (κ1) is 18.1. The van der Waals surface area contributed by atoms with Crippen LogP contribution in [-0.4, -0.2) is 19.9 Å². The van der Waals surface area contributed by atoms with Crippen molar-refractivity contribution in [2.45, 2.75) is 0 Å². The van der Waals surface area contributed by atoms with E-state index in [1.807, 2.05) is 72.8 Å². The number of halogens is 2. The molecule has 0 bridgehead atoms. The molecule has 0 amide bonds. The molecule has 27 heavy (non-hydrogen) atoms. The Balaban J connectivity index is 2.33. The van der Waals surface area contributed by atoms with Crippen LogP contribution in [-0.2, 0) is 8.55 Å². The number of pyridine rings is 4. The Kier molecular flexibility index (Phi) is 4.08. The molecular formula is C20H16Cl2N4Ni. The molecule has 0 unspecified atom stereocenters. The third kappa shape index (κ3) is 2.29. The van der Waals surface area contributed by atoms with Gasteiger partial charge in [0, 0.05) is 0 Å². The van der Waals surface area contributed by atoms with E-state index < -0.39 is 8.55 Å². The van der Waals surface area contributed by atoms with Gasteiger partial charge < -0.3 is 0 Å². The van der Waals surface area contributed by atoms with Gasteiger partial charge in [-0.15, -0.1) is 0 Å². The Bertz CT molecular complexity index is 897. The van der Waals surface area contributed by atoms with Crippen molar-refractivity contribution < 1.29 is 8.55 Å². The van der Waals surface area contributed by atoms with Crippen LogP contribution >= 0.6 is 20.4 Å². The van der Waals surface area contributed by atoms with E-state index in [4.69, 9.17) is 20.4 Å². The van der Waals surface area contributed by atoms with E-state index in [0.29, 0.717) is 18.7 Å². The van der Waals surface area contributed by atoms with Crippen LogP contribution in [0.5, 0.6) is 0 Å². The molecule has 4 nitrogen and oxygen atoms in total. The van der Waals surface area contributed by atoms with Gasteiger partial charge in [-0.05, 0) is 0 Å². The van der Waals surface area contributed by atoms with Gasteiger partial charge in [-0.3, -0.25) is 0 Å². The fourth-order valence-corrected chi connectivity index (χ4v) is 9.87. The van der Waals surface area contributed by atoms with E-state index in [9.17, 15) is 0 Å². The molecule has 0 aromatic carbocycles. The fraction of sp³-hybridized carbons (Fsp3) is 0. The molecule has 0 spiro atoms. The first-order valence-electron chi connectivity index (χ1n) is 7.95. The Morgan fingerprint density at radius 1 is 0.444 bits per heavy atom. The second kappa shape index (κ2) is 6.10. The van der Waals surface area contributed by atoms with Crippen LogP contribution in [0.4, 0.5) is 0 Å². The average molecular weight is 442 g/mol. The zero-order valence-corrected chi connectivity index (χ0v) is 16.6. The molecule has 0 fully saturated rings. The average Bonchev–Trinajstić information content (AvgIpc) is 2.77. The van der Waals surface area contributed by atoms with Gasteiger partial charge in [-0.2, -0.15) is 0 Å². The van der Waals surface area contributed by atoms with Crippen molar-refractivity contribution in [1.82, 2.24) is 19.9 Å². The SMILES string of the molecule is [Cl][Ni]([Cl])([c]1ccccn1)([c]1ccccn1)([c]1ccccn1)[c]1ccccn1. The Morgan fingerprint density at radius 3 is 0.889 bits per heavy atom. The van der Waals surface area contributed by atoms with Crippen molar-refractivity contribution in [2.75, 3.05) is 0 Å². The second-order valence-corrected chi connectivity index (χ2v) is 16.1. The molecule has 140 valence electrons. The number of hydrogen-bond acceptors (Lipinski definition) is 4. The molecule has 4 aromatic rings. The molecule has 0 atom stereocenters. The van der Waals surface area contributed by atoms with Crippen molar-refractivity contribution in [3.63, 3.8) is 0 Å². The summed E-state index contributed by atoms with van der Waals surface area (Å²) in [6, 6.07) is 21.9. The maximum atomic E-state index is 7.80. The normalized spacial score (nSPS) is 14.1. The topological polar surface area (TPSA) is 51.6 Å². The summed E-state index contributed by atoms with van der Waals surface area (Å²) >= 11 is 0. The van der Waals surface area contributed by atoms with Crippen LogP contribution in [0.25, 0.3) is 0 Å². The summed E-state index contributed by atoms with van der Waals surface area (Å²) in [5, 5.41) is 0. The molecule has 0 saturated heterocycles. The summed E-state index contributed by atoms with van der Waals surface area (Å²) in [7, 11) is 10.7. The fourth-order valence-electron chi connectivity index (χ4n) is 2.67. The minimum absolute atomic E-state index is 0.462. The van der Waals surface area contributed by atoms with Gasteiger partial charge in [0.15, 0.2) is 0 Å². The maximum absolute atomic E-state index is 7.80. The summed E-state index contributed by atoms with van der Waals surface area (Å²) in [5.74, 6) is 0. The molecule has 0 radical (unpaired) electrons. The van der Waals surface area contributed by atoms with Gasteiger partial charge >= 0.3 is 165 Å². The van der Waals surface area contributed by atoms with Crippen LogP contribution in [0.3, 0.4) is 0 Å². The third-order valence-electron chi connectivity index (χ3n) is 3.90. The molecule has 0 N–H and O–H groups in total. The zero-order chi connectivity index (χ0) is 18.9. The van der Waals surface area contributed by atoms with Crippen molar-refractivity contribution >= 4 is 39.0 Å². The van der Waals surface area contributed by atoms with Crippen LogP contribution < -0.4 is 18.7 Å². The van der Waals surface area contributed by atoms with E-state index in [2.05, 4.69) is 19.9 Å².